The molecule has 0 unspecified atom stereocenters. The van der Waals surface area contributed by atoms with E-state index < -0.39 is 5.97 Å². The number of carboxylic acid groups (broad SMARTS) is 1. The number of carbonyl (C=O) groups is 1. The van der Waals surface area contributed by atoms with Gasteiger partial charge in [0.15, 0.2) is 5.82 Å². The zero-order chi connectivity index (χ0) is 15.2. The maximum absolute atomic E-state index is 10.5. The molecule has 0 saturated heterocycles. The SMILES string of the molecule is CN(CCC(=O)O)Cc1nc(Cc2cccc(Br)c2)no1. The standard InChI is InChI=1S/C14H16BrN3O3/c1-18(6-5-14(19)20)9-13-16-12(17-21-13)8-10-3-2-4-11(15)7-10/h2-4,7H,5-6,8-9H2,1H3,(H,19,20). The predicted molar refractivity (Wildman–Crippen MR) is 79.8 cm³/mol. The van der Waals surface area contributed by atoms with Crippen molar-refractivity contribution < 1.29 is 14.4 Å². The molecule has 2 rings (SSSR count). The lowest BCUT2D eigenvalue weighted by Crippen LogP contribution is -2.21. The number of hydrogen-bond donors (Lipinski definition) is 1. The molecule has 0 spiro atoms. The fraction of sp³-hybridized carbons (Fsp3) is 0.357. The Labute approximate surface area is 130 Å². The van der Waals surface area contributed by atoms with E-state index in [1.807, 2.05) is 36.2 Å². The van der Waals surface area contributed by atoms with Gasteiger partial charge >= 0.3 is 5.97 Å². The number of benzene rings is 1. The van der Waals surface area contributed by atoms with Gasteiger partial charge in [0.25, 0.3) is 0 Å². The molecule has 1 aromatic carbocycles. The average Bonchev–Trinajstić information content (AvgIpc) is 2.83. The van der Waals surface area contributed by atoms with Crippen LogP contribution in [0.2, 0.25) is 0 Å². The Balaban J connectivity index is 1.90. The molecule has 0 aliphatic heterocycles. The Bertz CT molecular complexity index is 615. The van der Waals surface area contributed by atoms with Gasteiger partial charge in [0, 0.05) is 17.4 Å². The van der Waals surface area contributed by atoms with Crippen molar-refractivity contribution in [2.45, 2.75) is 19.4 Å². The van der Waals surface area contributed by atoms with Crippen LogP contribution in [-0.4, -0.2) is 39.7 Å². The molecule has 1 aromatic heterocycles. The Kier molecular flexibility index (Phi) is 5.46. The molecule has 7 heteroatoms. The molecular weight excluding hydrogens is 338 g/mol. The molecule has 6 nitrogen and oxygen atoms in total. The van der Waals surface area contributed by atoms with Gasteiger partial charge < -0.3 is 9.63 Å². The van der Waals surface area contributed by atoms with Crippen LogP contribution >= 0.6 is 15.9 Å². The molecule has 2 aromatic rings. The largest absolute Gasteiger partial charge is 0.481 e. The molecule has 21 heavy (non-hydrogen) atoms. The summed E-state index contributed by atoms with van der Waals surface area (Å²) in [6.07, 6.45) is 0.692. The summed E-state index contributed by atoms with van der Waals surface area (Å²) < 4.78 is 6.19. The second-order valence-electron chi connectivity index (χ2n) is 4.79. The van der Waals surface area contributed by atoms with E-state index in [9.17, 15) is 4.79 Å². The summed E-state index contributed by atoms with van der Waals surface area (Å²) in [6.45, 7) is 0.886. The molecular formula is C14H16BrN3O3. The Morgan fingerprint density at radius 1 is 1.48 bits per heavy atom. The molecule has 0 bridgehead atoms. The third-order valence-electron chi connectivity index (χ3n) is 2.87. The smallest absolute Gasteiger partial charge is 0.304 e. The van der Waals surface area contributed by atoms with Crippen molar-refractivity contribution in [3.05, 3.63) is 46.0 Å². The van der Waals surface area contributed by atoms with Crippen LogP contribution in [0.1, 0.15) is 23.7 Å². The number of aliphatic carboxylic acids is 1. The van der Waals surface area contributed by atoms with Crippen molar-refractivity contribution in [1.29, 1.82) is 0 Å². The fourth-order valence-electron chi connectivity index (χ4n) is 1.85. The summed E-state index contributed by atoms with van der Waals surface area (Å²) in [5, 5.41) is 12.6. The first kappa shape index (κ1) is 15.7. The first-order valence-corrected chi connectivity index (χ1v) is 7.28. The molecule has 112 valence electrons. The molecule has 0 fully saturated rings. The van der Waals surface area contributed by atoms with Gasteiger partial charge in [-0.2, -0.15) is 4.98 Å². The lowest BCUT2D eigenvalue weighted by Gasteiger charge is -2.11. The van der Waals surface area contributed by atoms with E-state index in [1.54, 1.807) is 0 Å². The van der Waals surface area contributed by atoms with Crippen LogP contribution in [0.25, 0.3) is 0 Å². The lowest BCUT2D eigenvalue weighted by atomic mass is 10.1. The zero-order valence-electron chi connectivity index (χ0n) is 11.6. The second-order valence-corrected chi connectivity index (χ2v) is 5.71. The number of aromatic nitrogens is 2. The van der Waals surface area contributed by atoms with E-state index in [-0.39, 0.29) is 6.42 Å². The summed E-state index contributed by atoms with van der Waals surface area (Å²) in [4.78, 5) is 16.7. The van der Waals surface area contributed by atoms with Crippen molar-refractivity contribution in [3.63, 3.8) is 0 Å². The van der Waals surface area contributed by atoms with Crippen molar-refractivity contribution in [3.8, 4) is 0 Å². The maximum Gasteiger partial charge on any atom is 0.304 e. The third-order valence-corrected chi connectivity index (χ3v) is 3.37. The minimum Gasteiger partial charge on any atom is -0.481 e. The summed E-state index contributed by atoms with van der Waals surface area (Å²) >= 11 is 3.42. The minimum absolute atomic E-state index is 0.0928. The molecule has 0 amide bonds. The summed E-state index contributed by atoms with van der Waals surface area (Å²) in [6, 6.07) is 7.93. The van der Waals surface area contributed by atoms with Gasteiger partial charge in [0.2, 0.25) is 5.89 Å². The van der Waals surface area contributed by atoms with E-state index in [1.165, 1.54) is 0 Å². The van der Waals surface area contributed by atoms with Gasteiger partial charge in [-0.05, 0) is 24.7 Å². The van der Waals surface area contributed by atoms with E-state index in [0.717, 1.165) is 10.0 Å². The molecule has 1 N–H and O–H groups in total. The highest BCUT2D eigenvalue weighted by Gasteiger charge is 2.10. The van der Waals surface area contributed by atoms with Crippen LogP contribution in [0.4, 0.5) is 0 Å². The van der Waals surface area contributed by atoms with Crippen LogP contribution < -0.4 is 0 Å². The van der Waals surface area contributed by atoms with Crippen LogP contribution in [-0.2, 0) is 17.8 Å². The highest BCUT2D eigenvalue weighted by atomic mass is 79.9. The molecule has 1 heterocycles. The maximum atomic E-state index is 10.5. The van der Waals surface area contributed by atoms with E-state index in [2.05, 4.69) is 26.1 Å². The fourth-order valence-corrected chi connectivity index (χ4v) is 2.30. The molecule has 0 atom stereocenters. The van der Waals surface area contributed by atoms with Gasteiger partial charge in [-0.3, -0.25) is 9.69 Å². The summed E-state index contributed by atoms with van der Waals surface area (Å²) in [7, 11) is 1.82. The molecule has 0 aliphatic carbocycles. The average molecular weight is 354 g/mol. The van der Waals surface area contributed by atoms with Crippen LogP contribution in [0.5, 0.6) is 0 Å². The predicted octanol–water partition coefficient (Wildman–Crippen LogP) is 2.33. The van der Waals surface area contributed by atoms with Crippen molar-refractivity contribution >= 4 is 21.9 Å². The highest BCUT2D eigenvalue weighted by Crippen LogP contribution is 2.14. The number of hydrogen-bond acceptors (Lipinski definition) is 5. The number of carboxylic acids is 1. The lowest BCUT2D eigenvalue weighted by molar-refractivity contribution is -0.137. The number of nitrogens with zero attached hydrogens (tertiary/aromatic N) is 3. The highest BCUT2D eigenvalue weighted by molar-refractivity contribution is 9.10. The Hall–Kier alpha value is -1.73. The van der Waals surface area contributed by atoms with Crippen molar-refractivity contribution in [2.24, 2.45) is 0 Å². The Morgan fingerprint density at radius 3 is 3.00 bits per heavy atom. The van der Waals surface area contributed by atoms with Crippen molar-refractivity contribution in [2.75, 3.05) is 13.6 Å². The quantitative estimate of drug-likeness (QED) is 0.822. The second kappa shape index (κ2) is 7.33. The first-order chi connectivity index (χ1) is 10.0. The topological polar surface area (TPSA) is 79.5 Å². The van der Waals surface area contributed by atoms with Gasteiger partial charge in [0.05, 0.1) is 13.0 Å². The Morgan fingerprint density at radius 2 is 2.29 bits per heavy atom. The number of rotatable bonds is 7. The monoisotopic (exact) mass is 353 g/mol. The third kappa shape index (κ3) is 5.28. The van der Waals surface area contributed by atoms with Crippen LogP contribution in [0.3, 0.4) is 0 Å². The zero-order valence-corrected chi connectivity index (χ0v) is 13.2. The van der Waals surface area contributed by atoms with Crippen LogP contribution in [0.15, 0.2) is 33.3 Å². The molecule has 0 aliphatic rings. The van der Waals surface area contributed by atoms with E-state index in [4.69, 9.17) is 9.63 Å². The van der Waals surface area contributed by atoms with E-state index >= 15 is 0 Å². The van der Waals surface area contributed by atoms with E-state index in [0.29, 0.717) is 31.2 Å². The van der Waals surface area contributed by atoms with Gasteiger partial charge in [-0.15, -0.1) is 0 Å². The minimum atomic E-state index is -0.817. The molecule has 0 saturated carbocycles. The summed E-state index contributed by atoms with van der Waals surface area (Å²) in [5.74, 6) is 0.297. The first-order valence-electron chi connectivity index (χ1n) is 6.49. The van der Waals surface area contributed by atoms with Crippen LogP contribution in [0, 0.1) is 0 Å². The normalized spacial score (nSPS) is 11.0. The van der Waals surface area contributed by atoms with Gasteiger partial charge in [0.1, 0.15) is 0 Å². The van der Waals surface area contributed by atoms with Gasteiger partial charge in [-0.1, -0.05) is 33.2 Å². The molecule has 0 radical (unpaired) electrons. The van der Waals surface area contributed by atoms with Gasteiger partial charge in [-0.25, -0.2) is 0 Å². The number of halogens is 1. The summed E-state index contributed by atoms with van der Waals surface area (Å²) in [5.41, 5.74) is 1.09. The van der Waals surface area contributed by atoms with Crippen molar-refractivity contribution in [1.82, 2.24) is 15.0 Å².